The van der Waals surface area contributed by atoms with Crippen LogP contribution in [0.15, 0.2) is 194 Å². The first-order valence-corrected chi connectivity index (χ1v) is 24.8. The summed E-state index contributed by atoms with van der Waals surface area (Å²) in [5, 5.41) is 1.77. The van der Waals surface area contributed by atoms with Gasteiger partial charge in [0.05, 0.1) is 34.9 Å². The third-order valence-corrected chi connectivity index (χ3v) is 15.0. The second-order valence-corrected chi connectivity index (χ2v) is 20.2. The molecule has 2 aliphatic carbocycles. The first-order chi connectivity index (χ1) is 36.4. The number of para-hydroxylation sites is 2. The molecule has 1 aliphatic heterocycles. The molecule has 3 aliphatic rings. The van der Waals surface area contributed by atoms with E-state index in [1.54, 1.807) is 5.56 Å². The molecule has 10 aromatic rings. The lowest BCUT2D eigenvalue weighted by atomic mass is 9.68. The lowest BCUT2D eigenvalue weighted by Crippen LogP contribution is -2.27. The Kier molecular flexibility index (Phi) is 8.98. The van der Waals surface area contributed by atoms with Gasteiger partial charge in [-0.05, 0) is 155 Å². The van der Waals surface area contributed by atoms with Gasteiger partial charge in [0.2, 0.25) is 0 Å². The van der Waals surface area contributed by atoms with Crippen LogP contribution in [0.25, 0.3) is 61.0 Å². The van der Waals surface area contributed by atoms with E-state index in [1.165, 1.54) is 70.4 Å². The van der Waals surface area contributed by atoms with Gasteiger partial charge in [-0.3, -0.25) is 4.57 Å². The van der Waals surface area contributed by atoms with Crippen molar-refractivity contribution in [2.75, 3.05) is 16.5 Å². The SMILES string of the molecule is [2H]c1c([2H])c([2H])c(-c2ccc3c(c2)c2ccc(Oc4cccc(N5CN(c6c(-c7ccccc7)c7c8c(c6-c6ccccc6)CCCC8CCC7)c6ccccc65)c4)cc2n3-c2cc(C(C)(C)C)ccn2)c([2H])c1[2H]. The van der Waals surface area contributed by atoms with Crippen LogP contribution in [-0.4, -0.2) is 16.2 Å². The van der Waals surface area contributed by atoms with E-state index in [9.17, 15) is 0 Å². The molecular weight excluding hydrogens is 853 g/mol. The average molecular weight is 914 g/mol. The molecule has 2 aromatic heterocycles. The van der Waals surface area contributed by atoms with Crippen LogP contribution in [0.4, 0.5) is 22.7 Å². The molecule has 5 nitrogen and oxygen atoms in total. The number of ether oxygens (including phenoxy) is 1. The van der Waals surface area contributed by atoms with Crippen LogP contribution in [0.5, 0.6) is 11.5 Å². The number of benzene rings is 8. The smallest absolute Gasteiger partial charge is 0.137 e. The van der Waals surface area contributed by atoms with Crippen LogP contribution in [0.2, 0.25) is 0 Å². The van der Waals surface area contributed by atoms with Gasteiger partial charge in [-0.2, -0.15) is 0 Å². The van der Waals surface area contributed by atoms with Gasteiger partial charge in [-0.25, -0.2) is 4.98 Å². The topological polar surface area (TPSA) is 33.5 Å². The Morgan fingerprint density at radius 3 is 1.94 bits per heavy atom. The number of hydrogen-bond donors (Lipinski definition) is 0. The van der Waals surface area contributed by atoms with Gasteiger partial charge in [-0.1, -0.05) is 136 Å². The zero-order chi connectivity index (χ0) is 51.3. The number of pyridine rings is 1. The number of fused-ring (bicyclic) bond motifs is 4. The van der Waals surface area contributed by atoms with Crippen LogP contribution >= 0.6 is 0 Å². The zero-order valence-electron chi connectivity index (χ0n) is 44.8. The van der Waals surface area contributed by atoms with Crippen molar-refractivity contribution in [3.63, 3.8) is 0 Å². The summed E-state index contributed by atoms with van der Waals surface area (Å²) in [6.07, 6.45) is 8.95. The van der Waals surface area contributed by atoms with Crippen LogP contribution in [0, 0.1) is 0 Å². The summed E-state index contributed by atoms with van der Waals surface area (Å²) >= 11 is 0. The standard InChI is InChI=1S/C65H56N4O/c1-65(2,3)48-36-37-66-60(39-48)69-56-35-32-47(43-18-7-4-8-19-43)38-55(56)52-34-33-51(41-59(52)69)70-50-27-17-26-49(40-50)67-42-68(58-31-14-13-30-57(58)67)64-62(45-20-9-5-10-21-45)53-28-15-24-44-25-16-29-54(61(44)53)63(64)46-22-11-6-12-23-46/h4-14,17-23,26-27,30-41,44H,15-16,24-25,28-29,42H2,1-3H3/i4D,7D,8D,18D,19D. The molecule has 0 amide bonds. The van der Waals surface area contributed by atoms with Gasteiger partial charge in [0.15, 0.2) is 0 Å². The van der Waals surface area contributed by atoms with E-state index < -0.39 is 6.04 Å². The summed E-state index contributed by atoms with van der Waals surface area (Å²) in [4.78, 5) is 9.92. The summed E-state index contributed by atoms with van der Waals surface area (Å²) in [5.41, 5.74) is 18.0. The Morgan fingerprint density at radius 2 is 1.24 bits per heavy atom. The number of anilines is 4. The second-order valence-electron chi connectivity index (χ2n) is 20.2. The highest BCUT2D eigenvalue weighted by Gasteiger charge is 2.38. The minimum absolute atomic E-state index is 0.134. The third-order valence-electron chi connectivity index (χ3n) is 15.0. The number of aromatic nitrogens is 2. The number of hydrogen-bond acceptors (Lipinski definition) is 4. The van der Waals surface area contributed by atoms with Crippen LogP contribution < -0.4 is 14.5 Å². The van der Waals surface area contributed by atoms with E-state index in [0.29, 0.717) is 29.6 Å². The normalized spacial score (nSPS) is 15.6. The Bertz CT molecular complexity index is 3820. The molecule has 342 valence electrons. The van der Waals surface area contributed by atoms with E-state index in [1.807, 2.05) is 48.7 Å². The predicted octanol–water partition coefficient (Wildman–Crippen LogP) is 17.3. The molecule has 0 atom stereocenters. The van der Waals surface area contributed by atoms with Crippen molar-refractivity contribution < 1.29 is 11.6 Å². The van der Waals surface area contributed by atoms with E-state index in [2.05, 4.69) is 150 Å². The maximum absolute atomic E-state index is 8.78. The van der Waals surface area contributed by atoms with Crippen molar-refractivity contribution >= 4 is 44.6 Å². The van der Waals surface area contributed by atoms with Crippen molar-refractivity contribution in [1.82, 2.24) is 9.55 Å². The average Bonchev–Trinajstić information content (AvgIpc) is 4.05. The molecule has 3 heterocycles. The third kappa shape index (κ3) is 7.17. The molecular formula is C65H56N4O. The quantitative estimate of drug-likeness (QED) is 0.152. The Morgan fingerprint density at radius 1 is 0.571 bits per heavy atom. The van der Waals surface area contributed by atoms with Gasteiger partial charge in [0.1, 0.15) is 24.0 Å². The van der Waals surface area contributed by atoms with E-state index >= 15 is 0 Å². The molecule has 0 spiro atoms. The molecule has 0 bridgehead atoms. The Hall–Kier alpha value is -7.89. The van der Waals surface area contributed by atoms with Crippen LogP contribution in [0.3, 0.4) is 0 Å². The molecule has 70 heavy (non-hydrogen) atoms. The van der Waals surface area contributed by atoms with Crippen molar-refractivity contribution in [3.8, 4) is 50.7 Å². The highest BCUT2D eigenvalue weighted by atomic mass is 16.5. The monoisotopic (exact) mass is 913 g/mol. The molecule has 13 rings (SSSR count). The van der Waals surface area contributed by atoms with Crippen molar-refractivity contribution in [2.24, 2.45) is 0 Å². The minimum atomic E-state index is -0.413. The molecule has 0 fully saturated rings. The lowest BCUT2D eigenvalue weighted by molar-refractivity contribution is 0.478. The molecule has 0 saturated carbocycles. The molecule has 0 saturated heterocycles. The molecule has 0 N–H and O–H groups in total. The lowest BCUT2D eigenvalue weighted by Gasteiger charge is -2.39. The van der Waals surface area contributed by atoms with E-state index in [-0.39, 0.29) is 35.1 Å². The van der Waals surface area contributed by atoms with Crippen LogP contribution in [-0.2, 0) is 18.3 Å². The summed E-state index contributed by atoms with van der Waals surface area (Å²) in [7, 11) is 0. The fourth-order valence-corrected chi connectivity index (χ4v) is 11.8. The second kappa shape index (κ2) is 17.0. The van der Waals surface area contributed by atoms with Crippen LogP contribution in [0.1, 0.15) is 81.5 Å². The number of nitrogens with zero attached hydrogens (tertiary/aromatic N) is 4. The van der Waals surface area contributed by atoms with E-state index in [0.717, 1.165) is 57.4 Å². The summed E-state index contributed by atoms with van der Waals surface area (Å²) in [5.74, 6) is 2.68. The zero-order valence-corrected chi connectivity index (χ0v) is 39.8. The number of rotatable bonds is 8. The first-order valence-electron chi connectivity index (χ1n) is 27.3. The van der Waals surface area contributed by atoms with Crippen molar-refractivity contribution in [1.29, 1.82) is 0 Å². The van der Waals surface area contributed by atoms with E-state index in [4.69, 9.17) is 16.6 Å². The maximum atomic E-state index is 8.78. The largest absolute Gasteiger partial charge is 0.457 e. The molecule has 0 radical (unpaired) electrons. The van der Waals surface area contributed by atoms with Gasteiger partial charge in [0.25, 0.3) is 0 Å². The summed E-state index contributed by atoms with van der Waals surface area (Å²) in [6, 6.07) is 53.8. The van der Waals surface area contributed by atoms with Crippen molar-refractivity contribution in [2.45, 2.75) is 70.6 Å². The van der Waals surface area contributed by atoms with Gasteiger partial charge >= 0.3 is 0 Å². The molecule has 5 heteroatoms. The van der Waals surface area contributed by atoms with Gasteiger partial charge in [0, 0.05) is 45.9 Å². The van der Waals surface area contributed by atoms with Crippen molar-refractivity contribution in [3.05, 3.63) is 216 Å². The first kappa shape index (κ1) is 37.1. The summed E-state index contributed by atoms with van der Waals surface area (Å²) in [6.45, 7) is 7.17. The highest BCUT2D eigenvalue weighted by molar-refractivity contribution is 6.11. The fourth-order valence-electron chi connectivity index (χ4n) is 11.8. The Labute approximate surface area is 418 Å². The van der Waals surface area contributed by atoms with Gasteiger partial charge in [-0.15, -0.1) is 0 Å². The maximum Gasteiger partial charge on any atom is 0.137 e. The summed E-state index contributed by atoms with van der Waals surface area (Å²) < 4.78 is 51.6. The minimum Gasteiger partial charge on any atom is -0.457 e. The fraction of sp³-hybridized carbons (Fsp3) is 0.185. The molecule has 8 aromatic carbocycles. The Balaban J connectivity index is 0.921. The highest BCUT2D eigenvalue weighted by Crippen LogP contribution is 2.57. The van der Waals surface area contributed by atoms with Gasteiger partial charge < -0.3 is 14.5 Å². The molecule has 0 unspecified atom stereocenters. The predicted molar refractivity (Wildman–Crippen MR) is 291 cm³/mol.